The van der Waals surface area contributed by atoms with Gasteiger partial charge in [0.2, 0.25) is 10.0 Å². The second-order valence-corrected chi connectivity index (χ2v) is 15.3. The van der Waals surface area contributed by atoms with E-state index in [-0.39, 0.29) is 46.4 Å². The molecule has 10 nitrogen and oxygen atoms in total. The fourth-order valence-electron chi connectivity index (χ4n) is 5.98. The van der Waals surface area contributed by atoms with Gasteiger partial charge in [0.1, 0.15) is 16.5 Å². The lowest BCUT2D eigenvalue weighted by atomic mass is 9.93. The molecule has 1 unspecified atom stereocenters. The molecule has 238 valence electrons. The van der Waals surface area contributed by atoms with E-state index in [4.69, 9.17) is 5.73 Å². The zero-order valence-electron chi connectivity index (χ0n) is 24.2. The van der Waals surface area contributed by atoms with E-state index in [1.165, 1.54) is 42.9 Å². The number of aliphatic hydroxyl groups is 1. The second kappa shape index (κ2) is 11.2. The van der Waals surface area contributed by atoms with E-state index in [2.05, 4.69) is 15.0 Å². The van der Waals surface area contributed by atoms with Crippen LogP contribution in [0.15, 0.2) is 24.3 Å². The number of carbonyl (C=O) groups is 1. The van der Waals surface area contributed by atoms with Crippen LogP contribution in [0.4, 0.5) is 41.1 Å². The van der Waals surface area contributed by atoms with Gasteiger partial charge in [0.05, 0.1) is 33.9 Å². The van der Waals surface area contributed by atoms with Gasteiger partial charge in [-0.2, -0.15) is 0 Å². The summed E-state index contributed by atoms with van der Waals surface area (Å²) in [6.07, 6.45) is 3.38. The van der Waals surface area contributed by atoms with Crippen LogP contribution >= 0.6 is 11.3 Å². The SMILES string of the molecule is CC(CO)S(=O)(=O)Nc1ccc(C(=O)Nc2cc3sc(N)nc3c(N3CCC(F)(F)CC3)c2F)c(N2CCC3(CC2)CC3)c1. The number of nitrogens with zero attached hydrogens (tertiary/aromatic N) is 3. The molecule has 0 radical (unpaired) electrons. The first-order valence-electron chi connectivity index (χ1n) is 14.6. The Hall–Kier alpha value is -3.30. The molecule has 2 aliphatic heterocycles. The number of halogens is 3. The summed E-state index contributed by atoms with van der Waals surface area (Å²) >= 11 is 1.10. The number of hydrogen-bond acceptors (Lipinski definition) is 9. The second-order valence-electron chi connectivity index (χ2n) is 12.1. The van der Waals surface area contributed by atoms with Crippen molar-refractivity contribution >= 4 is 65.4 Å². The van der Waals surface area contributed by atoms with Crippen molar-refractivity contribution in [2.45, 2.75) is 56.6 Å². The van der Waals surface area contributed by atoms with Crippen molar-refractivity contribution in [2.75, 3.05) is 58.4 Å². The van der Waals surface area contributed by atoms with Gasteiger partial charge in [0.15, 0.2) is 10.9 Å². The van der Waals surface area contributed by atoms with E-state index in [9.17, 15) is 27.1 Å². The Morgan fingerprint density at radius 2 is 1.75 bits per heavy atom. The van der Waals surface area contributed by atoms with E-state index in [1.54, 1.807) is 6.07 Å². The summed E-state index contributed by atoms with van der Waals surface area (Å²) in [6, 6.07) is 5.97. The Labute approximate surface area is 257 Å². The summed E-state index contributed by atoms with van der Waals surface area (Å²) in [6.45, 7) is 2.01. The Morgan fingerprint density at radius 1 is 1.09 bits per heavy atom. The maximum absolute atomic E-state index is 16.1. The monoisotopic (exact) mass is 652 g/mol. The summed E-state index contributed by atoms with van der Waals surface area (Å²) in [5.74, 6) is -4.24. The zero-order valence-corrected chi connectivity index (χ0v) is 25.8. The molecule has 15 heteroatoms. The molecule has 0 bridgehead atoms. The van der Waals surface area contributed by atoms with Crippen molar-refractivity contribution in [3.05, 3.63) is 35.6 Å². The van der Waals surface area contributed by atoms with Gasteiger partial charge in [-0.25, -0.2) is 26.6 Å². The average Bonchev–Trinajstić information content (AvgIpc) is 3.63. The van der Waals surface area contributed by atoms with Gasteiger partial charge in [0, 0.05) is 39.0 Å². The molecule has 2 aromatic carbocycles. The van der Waals surface area contributed by atoms with Crippen LogP contribution in [0.1, 0.15) is 55.8 Å². The molecule has 3 fully saturated rings. The maximum atomic E-state index is 16.1. The number of aliphatic hydroxyl groups excluding tert-OH is 1. The molecule has 2 saturated heterocycles. The maximum Gasteiger partial charge on any atom is 0.257 e. The zero-order chi connectivity index (χ0) is 31.4. The number of nitrogens with one attached hydrogen (secondary N) is 2. The van der Waals surface area contributed by atoms with Crippen LogP contribution in [0.3, 0.4) is 0 Å². The fourth-order valence-corrected chi connectivity index (χ4v) is 7.61. The minimum absolute atomic E-state index is 0.0231. The lowest BCUT2D eigenvalue weighted by Crippen LogP contribution is -2.40. The molecule has 3 aliphatic rings. The van der Waals surface area contributed by atoms with Gasteiger partial charge < -0.3 is 26.0 Å². The summed E-state index contributed by atoms with van der Waals surface area (Å²) in [7, 11) is -3.88. The number of hydrogen-bond donors (Lipinski definition) is 4. The predicted octanol–water partition coefficient (Wildman–Crippen LogP) is 5.01. The average molecular weight is 653 g/mol. The molecule has 1 saturated carbocycles. The molecule has 44 heavy (non-hydrogen) atoms. The highest BCUT2D eigenvalue weighted by Crippen LogP contribution is 2.54. The molecule has 1 aliphatic carbocycles. The number of nitrogen functional groups attached to an aromatic ring is 1. The lowest BCUT2D eigenvalue weighted by Gasteiger charge is -2.35. The lowest BCUT2D eigenvalue weighted by molar-refractivity contribution is -0.0221. The van der Waals surface area contributed by atoms with Crippen LogP contribution < -0.4 is 25.6 Å². The predicted molar refractivity (Wildman–Crippen MR) is 167 cm³/mol. The minimum Gasteiger partial charge on any atom is -0.395 e. The van der Waals surface area contributed by atoms with E-state index in [1.807, 2.05) is 4.90 Å². The van der Waals surface area contributed by atoms with Gasteiger partial charge in [0.25, 0.3) is 11.8 Å². The summed E-state index contributed by atoms with van der Waals surface area (Å²) < 4.78 is 72.2. The highest BCUT2D eigenvalue weighted by molar-refractivity contribution is 7.93. The van der Waals surface area contributed by atoms with E-state index in [0.29, 0.717) is 28.9 Å². The van der Waals surface area contributed by atoms with Gasteiger partial charge in [-0.3, -0.25) is 9.52 Å². The smallest absolute Gasteiger partial charge is 0.257 e. The van der Waals surface area contributed by atoms with Gasteiger partial charge in [-0.05, 0) is 62.3 Å². The number of carbonyl (C=O) groups excluding carboxylic acids is 1. The molecule has 5 N–H and O–H groups in total. The molecule has 3 heterocycles. The van der Waals surface area contributed by atoms with Crippen LogP contribution in [-0.2, 0) is 10.0 Å². The van der Waals surface area contributed by atoms with Crippen LogP contribution in [0, 0.1) is 11.2 Å². The number of fused-ring (bicyclic) bond motifs is 1. The highest BCUT2D eigenvalue weighted by Gasteiger charge is 2.45. The van der Waals surface area contributed by atoms with Crippen molar-refractivity contribution in [2.24, 2.45) is 5.41 Å². The number of nitrogens with two attached hydrogens (primary N) is 1. The van der Waals surface area contributed by atoms with Crippen LogP contribution in [0.2, 0.25) is 0 Å². The number of thiazole rings is 1. The topological polar surface area (TPSA) is 141 Å². The standard InChI is InChI=1S/C29H35F3N6O4S2/c1-17(16-39)44(41,42)36-18-2-3-19(21(14-18)37-10-6-28(4-5-28)7-11-37)26(40)34-20-15-22-24(35-27(33)43-22)25(23(20)30)38-12-8-29(31,32)9-13-38/h2-3,14-15,17,36,39H,4-13,16H2,1H3,(H2,33,35)(H,34,40). The third kappa shape index (κ3) is 6.01. The minimum atomic E-state index is -3.88. The summed E-state index contributed by atoms with van der Waals surface area (Å²) in [5.41, 5.74) is 7.37. The van der Waals surface area contributed by atoms with Crippen molar-refractivity contribution < 1.29 is 31.5 Å². The summed E-state index contributed by atoms with van der Waals surface area (Å²) in [4.78, 5) is 21.6. The number of alkyl halides is 2. The van der Waals surface area contributed by atoms with Gasteiger partial charge in [-0.15, -0.1) is 0 Å². The van der Waals surface area contributed by atoms with E-state index in [0.717, 1.165) is 24.2 Å². The van der Waals surface area contributed by atoms with Crippen LogP contribution in [0.5, 0.6) is 0 Å². The number of sulfonamides is 1. The van der Waals surface area contributed by atoms with Gasteiger partial charge >= 0.3 is 0 Å². The van der Waals surface area contributed by atoms with E-state index >= 15 is 4.39 Å². The van der Waals surface area contributed by atoms with Crippen molar-refractivity contribution in [3.63, 3.8) is 0 Å². The largest absolute Gasteiger partial charge is 0.395 e. The number of rotatable bonds is 8. The van der Waals surface area contributed by atoms with E-state index < -0.39 is 52.4 Å². The Kier molecular flexibility index (Phi) is 7.85. The van der Waals surface area contributed by atoms with Crippen molar-refractivity contribution in [1.82, 2.24) is 4.98 Å². The molecule has 1 amide bonds. The Morgan fingerprint density at radius 3 is 2.39 bits per heavy atom. The number of aromatic nitrogens is 1. The summed E-state index contributed by atoms with van der Waals surface area (Å²) in [5, 5.41) is 11.2. The number of anilines is 5. The molecule has 3 aromatic rings. The molecular weight excluding hydrogens is 617 g/mol. The molecule has 1 aromatic heterocycles. The van der Waals surface area contributed by atoms with Crippen molar-refractivity contribution in [1.29, 1.82) is 0 Å². The molecule has 1 atom stereocenters. The third-order valence-corrected chi connectivity index (χ3v) is 11.6. The Bertz CT molecular complexity index is 1690. The number of piperidine rings is 2. The highest BCUT2D eigenvalue weighted by atomic mass is 32.2. The normalized spacial score (nSPS) is 20.1. The third-order valence-electron chi connectivity index (χ3n) is 9.08. The van der Waals surface area contributed by atoms with Crippen LogP contribution in [-0.4, -0.2) is 68.4 Å². The molecular formula is C29H35F3N6O4S2. The number of benzene rings is 2. The first kappa shape index (κ1) is 30.7. The first-order chi connectivity index (χ1) is 20.8. The number of amides is 1. The van der Waals surface area contributed by atoms with Crippen LogP contribution in [0.25, 0.3) is 10.2 Å². The van der Waals surface area contributed by atoms with Crippen molar-refractivity contribution in [3.8, 4) is 0 Å². The first-order valence-corrected chi connectivity index (χ1v) is 17.0. The quantitative estimate of drug-likeness (QED) is 0.266. The Balaban J connectivity index is 1.34. The van der Waals surface area contributed by atoms with Gasteiger partial charge in [-0.1, -0.05) is 11.3 Å². The molecule has 1 spiro atoms. The fraction of sp³-hybridized carbons (Fsp3) is 0.517. The molecule has 6 rings (SSSR count).